The van der Waals surface area contributed by atoms with Crippen LogP contribution in [0.3, 0.4) is 0 Å². The molecule has 37 heavy (non-hydrogen) atoms. The number of carboxylic acid groups (broad SMARTS) is 1. The summed E-state index contributed by atoms with van der Waals surface area (Å²) in [6.45, 7) is 6.21. The highest BCUT2D eigenvalue weighted by Crippen LogP contribution is 2.39. The molecule has 0 fully saturated rings. The first kappa shape index (κ1) is 28.1. The third kappa shape index (κ3) is 8.87. The van der Waals surface area contributed by atoms with Crippen LogP contribution in [0.4, 0.5) is 9.59 Å². The molecule has 0 aliphatic rings. The summed E-state index contributed by atoms with van der Waals surface area (Å²) in [5, 5.41) is 26.4. The molecule has 4 N–H and O–H groups in total. The van der Waals surface area contributed by atoms with Gasteiger partial charge in [-0.25, -0.2) is 9.59 Å². The Hall–Kier alpha value is -3.43. The summed E-state index contributed by atoms with van der Waals surface area (Å²) in [4.78, 5) is 29.2. The first-order chi connectivity index (χ1) is 17.6. The third-order valence-corrected chi connectivity index (χ3v) is 6.91. The smallest absolute Gasteiger partial charge is 0.407 e. The van der Waals surface area contributed by atoms with Crippen LogP contribution in [0.25, 0.3) is 0 Å². The second kappa shape index (κ2) is 13.2. The summed E-state index contributed by atoms with van der Waals surface area (Å²) in [7, 11) is 0. The van der Waals surface area contributed by atoms with Crippen molar-refractivity contribution in [3.63, 3.8) is 0 Å². The number of ether oxygens (including phenoxy) is 1. The van der Waals surface area contributed by atoms with Crippen LogP contribution in [-0.4, -0.2) is 45.6 Å². The molecule has 1 unspecified atom stereocenters. The lowest BCUT2D eigenvalue weighted by Gasteiger charge is -2.40. The van der Waals surface area contributed by atoms with Crippen molar-refractivity contribution in [3.05, 3.63) is 88.4 Å². The summed E-state index contributed by atoms with van der Waals surface area (Å²) >= 11 is 1.38. The van der Waals surface area contributed by atoms with Gasteiger partial charge < -0.3 is 25.6 Å². The summed E-state index contributed by atoms with van der Waals surface area (Å²) < 4.78 is 5.43. The van der Waals surface area contributed by atoms with Gasteiger partial charge in [0.1, 0.15) is 6.61 Å². The van der Waals surface area contributed by atoms with Crippen molar-refractivity contribution in [2.45, 2.75) is 64.3 Å². The zero-order chi connectivity index (χ0) is 26.8. The van der Waals surface area contributed by atoms with Crippen LogP contribution in [0.2, 0.25) is 0 Å². The maximum Gasteiger partial charge on any atom is 0.407 e. The van der Waals surface area contributed by atoms with E-state index in [9.17, 15) is 19.8 Å². The lowest BCUT2D eigenvalue weighted by Crippen LogP contribution is -2.52. The average Bonchev–Trinajstić information content (AvgIpc) is 3.36. The number of hydrogen-bond acceptors (Lipinski definition) is 6. The topological polar surface area (TPSA) is 121 Å². The lowest BCUT2D eigenvalue weighted by molar-refractivity contribution is 0.0615. The molecule has 0 saturated heterocycles. The van der Waals surface area contributed by atoms with E-state index >= 15 is 0 Å². The van der Waals surface area contributed by atoms with E-state index in [-0.39, 0.29) is 24.4 Å². The second-order valence-corrected chi connectivity index (χ2v) is 11.1. The van der Waals surface area contributed by atoms with Gasteiger partial charge in [0.05, 0.1) is 22.5 Å². The van der Waals surface area contributed by atoms with Crippen molar-refractivity contribution < 1.29 is 24.5 Å². The number of aromatic nitrogens is 1. The van der Waals surface area contributed by atoms with Crippen LogP contribution in [0.5, 0.6) is 0 Å². The SMILES string of the molecule is CC(C)(C)C(c1ccccc1)[C@H](NC(=O)OCc1cncs1)[C@@H](O)C[C@H](Cc1ccccc1)NC(=O)O. The van der Waals surface area contributed by atoms with Crippen LogP contribution >= 0.6 is 11.3 Å². The molecule has 198 valence electrons. The Morgan fingerprint density at radius 2 is 1.68 bits per heavy atom. The number of rotatable bonds is 11. The Kier molecular flexibility index (Phi) is 10.0. The molecule has 0 aliphatic heterocycles. The second-order valence-electron chi connectivity index (χ2n) is 10.1. The van der Waals surface area contributed by atoms with Gasteiger partial charge in [0.2, 0.25) is 0 Å². The number of carbonyl (C=O) groups is 2. The van der Waals surface area contributed by atoms with E-state index in [2.05, 4.69) is 15.6 Å². The van der Waals surface area contributed by atoms with Gasteiger partial charge in [-0.1, -0.05) is 81.4 Å². The van der Waals surface area contributed by atoms with E-state index in [1.54, 1.807) is 11.7 Å². The number of thiazole rings is 1. The molecule has 1 heterocycles. The van der Waals surface area contributed by atoms with Crippen LogP contribution < -0.4 is 10.6 Å². The molecule has 1 aromatic heterocycles. The molecule has 0 bridgehead atoms. The minimum absolute atomic E-state index is 0.0715. The lowest BCUT2D eigenvalue weighted by atomic mass is 9.70. The van der Waals surface area contributed by atoms with Gasteiger partial charge in [-0.05, 0) is 29.4 Å². The number of nitrogens with zero attached hydrogens (tertiary/aromatic N) is 1. The number of aliphatic hydroxyl groups is 1. The summed E-state index contributed by atoms with van der Waals surface area (Å²) in [5.41, 5.74) is 3.20. The van der Waals surface area contributed by atoms with Crippen LogP contribution in [0, 0.1) is 5.41 Å². The Bertz CT molecular complexity index is 1100. The quantitative estimate of drug-likeness (QED) is 0.273. The van der Waals surface area contributed by atoms with Crippen molar-refractivity contribution in [1.29, 1.82) is 0 Å². The van der Waals surface area contributed by atoms with Crippen LogP contribution in [0.1, 0.15) is 49.1 Å². The molecule has 0 radical (unpaired) electrons. The number of aliphatic hydroxyl groups excluding tert-OH is 1. The van der Waals surface area contributed by atoms with E-state index in [0.29, 0.717) is 6.42 Å². The molecule has 3 rings (SSSR count). The zero-order valence-corrected chi connectivity index (χ0v) is 22.2. The highest BCUT2D eigenvalue weighted by atomic mass is 32.1. The number of nitrogens with one attached hydrogen (secondary N) is 2. The van der Waals surface area contributed by atoms with E-state index < -0.39 is 30.4 Å². The van der Waals surface area contributed by atoms with Crippen molar-refractivity contribution in [2.24, 2.45) is 5.41 Å². The molecule has 0 saturated carbocycles. The van der Waals surface area contributed by atoms with Crippen molar-refractivity contribution in [1.82, 2.24) is 15.6 Å². The maximum atomic E-state index is 12.9. The summed E-state index contributed by atoms with van der Waals surface area (Å²) in [6.07, 6.45) is -0.761. The van der Waals surface area contributed by atoms with Gasteiger partial charge in [0.15, 0.2) is 0 Å². The van der Waals surface area contributed by atoms with E-state index in [1.807, 2.05) is 81.4 Å². The predicted octanol–water partition coefficient (Wildman–Crippen LogP) is 5.20. The van der Waals surface area contributed by atoms with Gasteiger partial charge in [0.25, 0.3) is 0 Å². The highest BCUT2D eigenvalue weighted by molar-refractivity contribution is 7.09. The normalized spacial score (nSPS) is 14.7. The molecule has 2 aromatic carbocycles. The molecule has 9 heteroatoms. The van der Waals surface area contributed by atoms with Gasteiger partial charge in [0, 0.05) is 18.2 Å². The number of hydrogen-bond donors (Lipinski definition) is 4. The molecule has 4 atom stereocenters. The third-order valence-electron chi connectivity index (χ3n) is 6.16. The van der Waals surface area contributed by atoms with Gasteiger partial charge in [-0.2, -0.15) is 0 Å². The van der Waals surface area contributed by atoms with Gasteiger partial charge in [-0.15, -0.1) is 11.3 Å². The van der Waals surface area contributed by atoms with E-state index in [1.165, 1.54) is 11.3 Å². The van der Waals surface area contributed by atoms with E-state index in [4.69, 9.17) is 4.74 Å². The minimum Gasteiger partial charge on any atom is -0.465 e. The standard InChI is InChI=1S/C28H35N3O5S/c1-28(2,3)24(20-12-8-5-9-13-20)25(31-27(35)36-17-22-16-29-18-37-22)23(32)15-21(30-26(33)34)14-19-10-6-4-7-11-19/h4-13,16,18,21,23-25,30,32H,14-15,17H2,1-3H3,(H,31,35)(H,33,34)/t21-,23-,24?,25+/m0/s1. The Balaban J connectivity index is 1.87. The van der Waals surface area contributed by atoms with Crippen molar-refractivity contribution in [2.75, 3.05) is 0 Å². The highest BCUT2D eigenvalue weighted by Gasteiger charge is 2.39. The Labute approximate surface area is 221 Å². The molecule has 0 spiro atoms. The maximum absolute atomic E-state index is 12.9. The zero-order valence-electron chi connectivity index (χ0n) is 21.3. The summed E-state index contributed by atoms with van der Waals surface area (Å²) in [5.74, 6) is -0.290. The largest absolute Gasteiger partial charge is 0.465 e. The van der Waals surface area contributed by atoms with Crippen LogP contribution in [0.15, 0.2) is 72.4 Å². The van der Waals surface area contributed by atoms with Crippen molar-refractivity contribution in [3.8, 4) is 0 Å². The monoisotopic (exact) mass is 525 g/mol. The number of alkyl carbamates (subject to hydrolysis) is 1. The first-order valence-corrected chi connectivity index (χ1v) is 13.1. The van der Waals surface area contributed by atoms with Gasteiger partial charge >= 0.3 is 12.2 Å². The fraction of sp³-hybridized carbons (Fsp3) is 0.393. The fourth-order valence-electron chi connectivity index (χ4n) is 4.64. The number of carbonyl (C=O) groups excluding carboxylic acids is 1. The molecule has 8 nitrogen and oxygen atoms in total. The van der Waals surface area contributed by atoms with Crippen LogP contribution in [-0.2, 0) is 17.8 Å². The van der Waals surface area contributed by atoms with Crippen molar-refractivity contribution >= 4 is 23.5 Å². The minimum atomic E-state index is -1.17. The molecule has 3 aromatic rings. The predicted molar refractivity (Wildman–Crippen MR) is 144 cm³/mol. The molecular weight excluding hydrogens is 490 g/mol. The number of benzene rings is 2. The molecule has 2 amide bonds. The summed E-state index contributed by atoms with van der Waals surface area (Å²) in [6, 6.07) is 17.9. The fourth-order valence-corrected chi connectivity index (χ4v) is 5.15. The Morgan fingerprint density at radius 3 is 2.24 bits per heavy atom. The average molecular weight is 526 g/mol. The molecule has 0 aliphatic carbocycles. The van der Waals surface area contributed by atoms with E-state index in [0.717, 1.165) is 16.0 Å². The molecular formula is C28H35N3O5S. The number of amides is 2. The van der Waals surface area contributed by atoms with Gasteiger partial charge in [-0.3, -0.25) is 4.98 Å². The first-order valence-electron chi connectivity index (χ1n) is 12.2. The Morgan fingerprint density at radius 1 is 1.03 bits per heavy atom.